The minimum atomic E-state index is -0.157. The molecule has 0 radical (unpaired) electrons. The standard InChI is InChI=1S/C14H23FN2/c1-10(2)9-17(4)14-7-5-6-13(15)12(14)8-11(3)16/h5-7,10-11H,8-9,16H2,1-4H3. The van der Waals surface area contributed by atoms with Gasteiger partial charge >= 0.3 is 0 Å². The van der Waals surface area contributed by atoms with Crippen molar-refractivity contribution in [1.82, 2.24) is 0 Å². The molecule has 1 unspecified atom stereocenters. The second-order valence-corrected chi connectivity index (χ2v) is 5.19. The van der Waals surface area contributed by atoms with Crippen molar-refractivity contribution >= 4 is 5.69 Å². The molecule has 2 N–H and O–H groups in total. The first-order valence-corrected chi connectivity index (χ1v) is 6.16. The first kappa shape index (κ1) is 14.0. The van der Waals surface area contributed by atoms with Gasteiger partial charge < -0.3 is 10.6 Å². The average Bonchev–Trinajstić information content (AvgIpc) is 2.19. The Kier molecular flexibility index (Phi) is 4.94. The lowest BCUT2D eigenvalue weighted by molar-refractivity contribution is 0.589. The van der Waals surface area contributed by atoms with E-state index in [1.165, 1.54) is 6.07 Å². The van der Waals surface area contributed by atoms with Crippen molar-refractivity contribution in [1.29, 1.82) is 0 Å². The molecule has 1 atom stereocenters. The van der Waals surface area contributed by atoms with E-state index in [-0.39, 0.29) is 11.9 Å². The second kappa shape index (κ2) is 6.01. The third-order valence-corrected chi connectivity index (χ3v) is 2.67. The number of nitrogens with zero attached hydrogens (tertiary/aromatic N) is 1. The molecule has 0 aliphatic carbocycles. The summed E-state index contributed by atoms with van der Waals surface area (Å²) in [5.41, 5.74) is 7.46. The zero-order chi connectivity index (χ0) is 13.0. The van der Waals surface area contributed by atoms with Gasteiger partial charge in [-0.1, -0.05) is 19.9 Å². The van der Waals surface area contributed by atoms with Crippen LogP contribution in [0.1, 0.15) is 26.3 Å². The van der Waals surface area contributed by atoms with Crippen molar-refractivity contribution in [3.8, 4) is 0 Å². The lowest BCUT2D eigenvalue weighted by Crippen LogP contribution is -2.26. The number of halogens is 1. The molecule has 0 aliphatic rings. The molecule has 1 rings (SSSR count). The highest BCUT2D eigenvalue weighted by molar-refractivity contribution is 5.54. The largest absolute Gasteiger partial charge is 0.374 e. The molecule has 0 bridgehead atoms. The van der Waals surface area contributed by atoms with Crippen LogP contribution >= 0.6 is 0 Å². The first-order valence-electron chi connectivity index (χ1n) is 6.16. The van der Waals surface area contributed by atoms with Crippen LogP contribution in [-0.4, -0.2) is 19.6 Å². The van der Waals surface area contributed by atoms with Crippen LogP contribution in [0.15, 0.2) is 18.2 Å². The van der Waals surface area contributed by atoms with Gasteiger partial charge in [0, 0.05) is 30.9 Å². The van der Waals surface area contributed by atoms with Gasteiger partial charge in [0.2, 0.25) is 0 Å². The van der Waals surface area contributed by atoms with Crippen LogP contribution in [-0.2, 0) is 6.42 Å². The van der Waals surface area contributed by atoms with Gasteiger partial charge in [0.1, 0.15) is 5.82 Å². The minimum absolute atomic E-state index is 0.0295. The molecule has 0 amide bonds. The lowest BCUT2D eigenvalue weighted by atomic mass is 10.0. The molecular weight excluding hydrogens is 215 g/mol. The summed E-state index contributed by atoms with van der Waals surface area (Å²) in [5.74, 6) is 0.391. The van der Waals surface area contributed by atoms with Crippen molar-refractivity contribution in [2.75, 3.05) is 18.5 Å². The summed E-state index contributed by atoms with van der Waals surface area (Å²) in [5, 5.41) is 0. The number of hydrogen-bond donors (Lipinski definition) is 1. The van der Waals surface area contributed by atoms with Crippen LogP contribution in [0.2, 0.25) is 0 Å². The molecule has 3 heteroatoms. The van der Waals surface area contributed by atoms with Crippen LogP contribution in [0.4, 0.5) is 10.1 Å². The predicted molar refractivity (Wildman–Crippen MR) is 71.9 cm³/mol. The summed E-state index contributed by atoms with van der Waals surface area (Å²) in [7, 11) is 2.00. The Morgan fingerprint density at radius 2 is 1.94 bits per heavy atom. The molecule has 0 heterocycles. The Labute approximate surface area is 104 Å². The maximum absolute atomic E-state index is 13.8. The Morgan fingerprint density at radius 3 is 2.47 bits per heavy atom. The van der Waals surface area contributed by atoms with Crippen LogP contribution in [0.5, 0.6) is 0 Å². The highest BCUT2D eigenvalue weighted by Gasteiger charge is 2.14. The molecule has 0 aliphatic heterocycles. The van der Waals surface area contributed by atoms with Gasteiger partial charge in [-0.05, 0) is 31.4 Å². The second-order valence-electron chi connectivity index (χ2n) is 5.19. The Bertz CT molecular complexity index is 361. The summed E-state index contributed by atoms with van der Waals surface area (Å²) in [4.78, 5) is 2.10. The van der Waals surface area contributed by atoms with Gasteiger partial charge in [0.25, 0.3) is 0 Å². The molecule has 1 aromatic carbocycles. The fourth-order valence-electron chi connectivity index (χ4n) is 2.08. The normalized spacial score (nSPS) is 12.9. The van der Waals surface area contributed by atoms with E-state index in [0.717, 1.165) is 17.8 Å². The highest BCUT2D eigenvalue weighted by Crippen LogP contribution is 2.24. The molecule has 0 spiro atoms. The van der Waals surface area contributed by atoms with Gasteiger partial charge in [0.05, 0.1) is 0 Å². The number of benzene rings is 1. The monoisotopic (exact) mass is 238 g/mol. The fraction of sp³-hybridized carbons (Fsp3) is 0.571. The number of nitrogens with two attached hydrogens (primary N) is 1. The topological polar surface area (TPSA) is 29.3 Å². The van der Waals surface area contributed by atoms with Gasteiger partial charge in [-0.3, -0.25) is 0 Å². The van der Waals surface area contributed by atoms with E-state index < -0.39 is 0 Å². The van der Waals surface area contributed by atoms with E-state index >= 15 is 0 Å². The molecular formula is C14H23FN2. The van der Waals surface area contributed by atoms with Crippen molar-refractivity contribution in [2.24, 2.45) is 11.7 Å². The van der Waals surface area contributed by atoms with Crippen LogP contribution < -0.4 is 10.6 Å². The summed E-state index contributed by atoms with van der Waals surface area (Å²) in [6.45, 7) is 7.12. The van der Waals surface area contributed by atoms with E-state index in [1.807, 2.05) is 20.0 Å². The van der Waals surface area contributed by atoms with Crippen molar-refractivity contribution in [3.05, 3.63) is 29.6 Å². The first-order chi connectivity index (χ1) is 7.91. The van der Waals surface area contributed by atoms with E-state index in [2.05, 4.69) is 18.7 Å². The van der Waals surface area contributed by atoms with E-state index in [1.54, 1.807) is 6.07 Å². The highest BCUT2D eigenvalue weighted by atomic mass is 19.1. The Morgan fingerprint density at radius 1 is 1.29 bits per heavy atom. The van der Waals surface area contributed by atoms with Crippen LogP contribution in [0.3, 0.4) is 0 Å². The molecule has 0 saturated carbocycles. The maximum atomic E-state index is 13.8. The van der Waals surface area contributed by atoms with Crippen LogP contribution in [0.25, 0.3) is 0 Å². The zero-order valence-electron chi connectivity index (χ0n) is 11.2. The Balaban J connectivity index is 3.01. The summed E-state index contributed by atoms with van der Waals surface area (Å²) < 4.78 is 13.8. The fourth-order valence-corrected chi connectivity index (χ4v) is 2.08. The minimum Gasteiger partial charge on any atom is -0.374 e. The van der Waals surface area contributed by atoms with E-state index in [0.29, 0.717) is 12.3 Å². The Hall–Kier alpha value is -1.09. The van der Waals surface area contributed by atoms with Crippen molar-refractivity contribution in [3.63, 3.8) is 0 Å². The van der Waals surface area contributed by atoms with Gasteiger partial charge in [-0.2, -0.15) is 0 Å². The van der Waals surface area contributed by atoms with Crippen LogP contribution in [0, 0.1) is 11.7 Å². The van der Waals surface area contributed by atoms with Gasteiger partial charge in [0.15, 0.2) is 0 Å². The smallest absolute Gasteiger partial charge is 0.128 e. The predicted octanol–water partition coefficient (Wildman–Crippen LogP) is 2.81. The number of hydrogen-bond acceptors (Lipinski definition) is 2. The molecule has 0 aromatic heterocycles. The molecule has 1 aromatic rings. The molecule has 17 heavy (non-hydrogen) atoms. The molecule has 2 nitrogen and oxygen atoms in total. The quantitative estimate of drug-likeness (QED) is 0.854. The van der Waals surface area contributed by atoms with Crippen molar-refractivity contribution < 1.29 is 4.39 Å². The molecule has 96 valence electrons. The summed E-state index contributed by atoms with van der Waals surface area (Å²) >= 11 is 0. The third-order valence-electron chi connectivity index (χ3n) is 2.67. The summed E-state index contributed by atoms with van der Waals surface area (Å²) in [6.07, 6.45) is 0.574. The lowest BCUT2D eigenvalue weighted by Gasteiger charge is -2.25. The zero-order valence-corrected chi connectivity index (χ0v) is 11.2. The number of rotatable bonds is 5. The maximum Gasteiger partial charge on any atom is 0.128 e. The molecule has 0 fully saturated rings. The molecule has 0 saturated heterocycles. The average molecular weight is 238 g/mol. The SMILES string of the molecule is CC(C)CN(C)c1cccc(F)c1CC(C)N. The number of anilines is 1. The van der Waals surface area contributed by atoms with Gasteiger partial charge in [-0.25, -0.2) is 4.39 Å². The van der Waals surface area contributed by atoms with Gasteiger partial charge in [-0.15, -0.1) is 0 Å². The van der Waals surface area contributed by atoms with Crippen molar-refractivity contribution in [2.45, 2.75) is 33.2 Å². The summed E-state index contributed by atoms with van der Waals surface area (Å²) in [6, 6.07) is 5.19. The van der Waals surface area contributed by atoms with E-state index in [9.17, 15) is 4.39 Å². The third kappa shape index (κ3) is 4.00. The van der Waals surface area contributed by atoms with E-state index in [4.69, 9.17) is 5.73 Å².